The second kappa shape index (κ2) is 8.55. The van der Waals surface area contributed by atoms with Gasteiger partial charge in [-0.05, 0) is 31.2 Å². The average molecular weight is 220 g/mol. The molecule has 1 nitrogen and oxygen atoms in total. The molecule has 0 aliphatic rings. The van der Waals surface area contributed by atoms with Crippen LogP contribution in [0.15, 0.2) is 0 Å². The van der Waals surface area contributed by atoms with Crippen LogP contribution in [0.4, 0.5) is 0 Å². The van der Waals surface area contributed by atoms with Gasteiger partial charge in [0.25, 0.3) is 0 Å². The van der Waals surface area contributed by atoms with Gasteiger partial charge < -0.3 is 5.32 Å². The normalized spacial score (nSPS) is 15.9. The molecule has 86 valence electrons. The molecule has 2 heteroatoms. The molecule has 0 rings (SSSR count). The minimum Gasteiger partial charge on any atom is -0.313 e. The average Bonchev–Trinajstić information content (AvgIpc) is 2.12. The van der Waals surface area contributed by atoms with E-state index in [-0.39, 0.29) is 0 Å². The summed E-state index contributed by atoms with van der Waals surface area (Å²) in [6.07, 6.45) is 3.77. The number of nitrogens with one attached hydrogen (secondary N) is 1. The van der Waals surface area contributed by atoms with E-state index in [1.165, 1.54) is 19.3 Å². The number of hydrogen-bond donors (Lipinski definition) is 1. The first-order chi connectivity index (χ1) is 6.60. The highest BCUT2D eigenvalue weighted by molar-refractivity contribution is 6.18. The van der Waals surface area contributed by atoms with Gasteiger partial charge >= 0.3 is 0 Å². The van der Waals surface area contributed by atoms with E-state index in [2.05, 4.69) is 33.0 Å². The van der Waals surface area contributed by atoms with Gasteiger partial charge in [-0.15, -0.1) is 11.6 Å². The predicted octanol–water partition coefficient (Wildman–Crippen LogP) is 3.67. The first-order valence-electron chi connectivity index (χ1n) is 5.89. The summed E-state index contributed by atoms with van der Waals surface area (Å²) in [7, 11) is 0. The third-order valence-corrected chi connectivity index (χ3v) is 2.85. The fourth-order valence-electron chi connectivity index (χ4n) is 1.73. The SMILES string of the molecule is CCCC(C)CNC(CCl)CC(C)C. The molecular formula is C12H26ClN. The highest BCUT2D eigenvalue weighted by Gasteiger charge is 2.10. The molecule has 0 amide bonds. The van der Waals surface area contributed by atoms with E-state index >= 15 is 0 Å². The van der Waals surface area contributed by atoms with Crippen molar-refractivity contribution in [3.63, 3.8) is 0 Å². The van der Waals surface area contributed by atoms with Gasteiger partial charge in [0.2, 0.25) is 0 Å². The lowest BCUT2D eigenvalue weighted by atomic mass is 10.0. The van der Waals surface area contributed by atoms with Gasteiger partial charge in [0, 0.05) is 11.9 Å². The standard InChI is InChI=1S/C12H26ClN/c1-5-6-11(4)9-14-12(8-13)7-10(2)3/h10-12,14H,5-9H2,1-4H3. The fourth-order valence-corrected chi connectivity index (χ4v) is 1.97. The predicted molar refractivity (Wildman–Crippen MR) is 66.0 cm³/mol. The monoisotopic (exact) mass is 219 g/mol. The van der Waals surface area contributed by atoms with Crippen molar-refractivity contribution in [1.29, 1.82) is 0 Å². The molecule has 0 bridgehead atoms. The Labute approximate surface area is 94.6 Å². The minimum atomic E-state index is 0.496. The summed E-state index contributed by atoms with van der Waals surface area (Å²) in [4.78, 5) is 0. The van der Waals surface area contributed by atoms with Crippen molar-refractivity contribution >= 4 is 11.6 Å². The van der Waals surface area contributed by atoms with Gasteiger partial charge in [0.05, 0.1) is 0 Å². The van der Waals surface area contributed by atoms with Crippen molar-refractivity contribution in [3.05, 3.63) is 0 Å². The largest absolute Gasteiger partial charge is 0.313 e. The molecule has 0 saturated heterocycles. The fraction of sp³-hybridized carbons (Fsp3) is 1.00. The molecule has 0 heterocycles. The molecule has 0 spiro atoms. The van der Waals surface area contributed by atoms with Gasteiger partial charge in [0.15, 0.2) is 0 Å². The molecule has 1 N–H and O–H groups in total. The second-order valence-electron chi connectivity index (χ2n) is 4.78. The Balaban J connectivity index is 3.60. The molecule has 0 fully saturated rings. The van der Waals surface area contributed by atoms with Crippen molar-refractivity contribution in [2.75, 3.05) is 12.4 Å². The molecule has 0 saturated carbocycles. The summed E-state index contributed by atoms with van der Waals surface area (Å²) in [5, 5.41) is 3.55. The topological polar surface area (TPSA) is 12.0 Å². The van der Waals surface area contributed by atoms with Gasteiger partial charge in [-0.2, -0.15) is 0 Å². The third kappa shape index (κ3) is 7.64. The summed E-state index contributed by atoms with van der Waals surface area (Å²) in [6.45, 7) is 10.1. The lowest BCUT2D eigenvalue weighted by molar-refractivity contribution is 0.397. The molecule has 0 aliphatic carbocycles. The molecule has 14 heavy (non-hydrogen) atoms. The summed E-state index contributed by atoms with van der Waals surface area (Å²) in [5.41, 5.74) is 0. The van der Waals surface area contributed by atoms with E-state index in [0.29, 0.717) is 6.04 Å². The van der Waals surface area contributed by atoms with E-state index in [4.69, 9.17) is 11.6 Å². The van der Waals surface area contributed by atoms with E-state index in [1.54, 1.807) is 0 Å². The van der Waals surface area contributed by atoms with Crippen LogP contribution in [-0.2, 0) is 0 Å². The zero-order valence-corrected chi connectivity index (χ0v) is 10.9. The Hall–Kier alpha value is 0.250. The number of halogens is 1. The highest BCUT2D eigenvalue weighted by Crippen LogP contribution is 2.08. The maximum Gasteiger partial charge on any atom is 0.0377 e. The Morgan fingerprint density at radius 2 is 1.86 bits per heavy atom. The zero-order chi connectivity index (χ0) is 11.0. The van der Waals surface area contributed by atoms with Gasteiger partial charge in [-0.1, -0.05) is 34.1 Å². The van der Waals surface area contributed by atoms with Crippen LogP contribution in [0.1, 0.15) is 47.0 Å². The van der Waals surface area contributed by atoms with Gasteiger partial charge in [-0.3, -0.25) is 0 Å². The van der Waals surface area contributed by atoms with Crippen LogP contribution >= 0.6 is 11.6 Å². The molecule has 0 aromatic carbocycles. The summed E-state index contributed by atoms with van der Waals surface area (Å²) < 4.78 is 0. The summed E-state index contributed by atoms with van der Waals surface area (Å²) in [5.74, 6) is 2.24. The number of alkyl halides is 1. The van der Waals surface area contributed by atoms with E-state index in [1.807, 2.05) is 0 Å². The smallest absolute Gasteiger partial charge is 0.0377 e. The quantitative estimate of drug-likeness (QED) is 0.615. The molecule has 2 unspecified atom stereocenters. The Morgan fingerprint density at radius 1 is 1.21 bits per heavy atom. The van der Waals surface area contributed by atoms with Crippen molar-refractivity contribution in [2.24, 2.45) is 11.8 Å². The molecular weight excluding hydrogens is 194 g/mol. The maximum atomic E-state index is 5.91. The zero-order valence-electron chi connectivity index (χ0n) is 10.1. The van der Waals surface area contributed by atoms with Crippen molar-refractivity contribution < 1.29 is 0 Å². The van der Waals surface area contributed by atoms with Crippen LogP contribution in [0.25, 0.3) is 0 Å². The Morgan fingerprint density at radius 3 is 2.29 bits per heavy atom. The van der Waals surface area contributed by atoms with Crippen LogP contribution in [0.3, 0.4) is 0 Å². The van der Waals surface area contributed by atoms with Crippen LogP contribution in [0, 0.1) is 11.8 Å². The van der Waals surface area contributed by atoms with Crippen molar-refractivity contribution in [2.45, 2.75) is 53.0 Å². The van der Waals surface area contributed by atoms with E-state index in [0.717, 1.165) is 24.3 Å². The van der Waals surface area contributed by atoms with Crippen molar-refractivity contribution in [3.8, 4) is 0 Å². The number of rotatable bonds is 8. The third-order valence-electron chi connectivity index (χ3n) is 2.48. The van der Waals surface area contributed by atoms with Gasteiger partial charge in [0.1, 0.15) is 0 Å². The van der Waals surface area contributed by atoms with E-state index < -0.39 is 0 Å². The molecule has 0 aromatic rings. The Kier molecular flexibility index (Phi) is 8.70. The van der Waals surface area contributed by atoms with Crippen LogP contribution in [0.2, 0.25) is 0 Å². The first-order valence-corrected chi connectivity index (χ1v) is 6.42. The summed E-state index contributed by atoms with van der Waals surface area (Å²) >= 11 is 5.91. The highest BCUT2D eigenvalue weighted by atomic mass is 35.5. The van der Waals surface area contributed by atoms with Crippen LogP contribution in [-0.4, -0.2) is 18.5 Å². The molecule has 0 aliphatic heterocycles. The minimum absolute atomic E-state index is 0.496. The first kappa shape index (κ1) is 14.2. The van der Waals surface area contributed by atoms with Crippen LogP contribution < -0.4 is 5.32 Å². The number of hydrogen-bond acceptors (Lipinski definition) is 1. The Bertz CT molecular complexity index is 125. The molecule has 2 atom stereocenters. The van der Waals surface area contributed by atoms with Gasteiger partial charge in [-0.25, -0.2) is 0 Å². The van der Waals surface area contributed by atoms with E-state index in [9.17, 15) is 0 Å². The molecule has 0 aromatic heterocycles. The lowest BCUT2D eigenvalue weighted by Crippen LogP contribution is -2.35. The molecule has 0 radical (unpaired) electrons. The lowest BCUT2D eigenvalue weighted by Gasteiger charge is -2.20. The summed E-state index contributed by atoms with van der Waals surface area (Å²) in [6, 6.07) is 0.496. The maximum absolute atomic E-state index is 5.91. The second-order valence-corrected chi connectivity index (χ2v) is 5.09. The van der Waals surface area contributed by atoms with Crippen LogP contribution in [0.5, 0.6) is 0 Å². The van der Waals surface area contributed by atoms with Crippen molar-refractivity contribution in [1.82, 2.24) is 5.32 Å².